The monoisotopic (exact) mass is 143 g/mol. The molecule has 0 spiro atoms. The van der Waals surface area contributed by atoms with Crippen molar-refractivity contribution in [3.8, 4) is 0 Å². The van der Waals surface area contributed by atoms with E-state index in [1.807, 2.05) is 11.9 Å². The minimum absolute atomic E-state index is 0.334. The number of hydrazine groups is 1. The van der Waals surface area contributed by atoms with E-state index in [2.05, 4.69) is 0 Å². The first-order valence-electron chi connectivity index (χ1n) is 3.57. The Balaban J connectivity index is 2.50. The van der Waals surface area contributed by atoms with E-state index in [0.717, 1.165) is 26.1 Å². The molecule has 0 aromatic heterocycles. The minimum Gasteiger partial charge on any atom is -0.350 e. The molecule has 0 saturated carbocycles. The molecule has 1 rings (SSSR count). The van der Waals surface area contributed by atoms with Gasteiger partial charge in [-0.3, -0.25) is 5.01 Å². The summed E-state index contributed by atoms with van der Waals surface area (Å²) in [7, 11) is 0. The summed E-state index contributed by atoms with van der Waals surface area (Å²) in [6.07, 6.45) is 1.04. The van der Waals surface area contributed by atoms with E-state index in [9.17, 15) is 4.79 Å². The smallest absolute Gasteiger partial charge is 0.329 e. The van der Waals surface area contributed by atoms with Crippen molar-refractivity contribution in [2.75, 3.05) is 19.6 Å². The van der Waals surface area contributed by atoms with Gasteiger partial charge in [0.15, 0.2) is 0 Å². The zero-order valence-electron chi connectivity index (χ0n) is 6.21. The van der Waals surface area contributed by atoms with Crippen molar-refractivity contribution < 1.29 is 4.79 Å². The second-order valence-corrected chi connectivity index (χ2v) is 2.36. The second kappa shape index (κ2) is 2.88. The number of carbonyl (C=O) groups excluding carboxylic acids is 1. The van der Waals surface area contributed by atoms with Crippen LogP contribution in [0.4, 0.5) is 4.79 Å². The number of amides is 2. The van der Waals surface area contributed by atoms with Gasteiger partial charge in [-0.05, 0) is 6.42 Å². The molecule has 1 saturated heterocycles. The zero-order chi connectivity index (χ0) is 7.56. The van der Waals surface area contributed by atoms with Crippen LogP contribution in [-0.4, -0.2) is 35.7 Å². The standard InChI is InChI=1S/C6H13N3O/c1-2-8-4-3-5-9(8)6(7)10/h2-5H2,1H3,(H2,7,10). The molecule has 0 unspecified atom stereocenters. The van der Waals surface area contributed by atoms with Gasteiger partial charge in [0.1, 0.15) is 0 Å². The van der Waals surface area contributed by atoms with Gasteiger partial charge >= 0.3 is 6.03 Å². The number of carbonyl (C=O) groups is 1. The van der Waals surface area contributed by atoms with Crippen LogP contribution in [0.2, 0.25) is 0 Å². The summed E-state index contributed by atoms with van der Waals surface area (Å²) in [5, 5.41) is 3.56. The molecular formula is C6H13N3O. The molecule has 10 heavy (non-hydrogen) atoms. The molecule has 1 fully saturated rings. The van der Waals surface area contributed by atoms with Crippen LogP contribution in [0.5, 0.6) is 0 Å². The van der Waals surface area contributed by atoms with Gasteiger partial charge in [-0.1, -0.05) is 6.92 Å². The molecule has 1 heterocycles. The molecule has 1 aliphatic rings. The third-order valence-electron chi connectivity index (χ3n) is 1.75. The highest BCUT2D eigenvalue weighted by Crippen LogP contribution is 2.07. The maximum absolute atomic E-state index is 10.7. The van der Waals surface area contributed by atoms with Gasteiger partial charge in [-0.25, -0.2) is 9.80 Å². The van der Waals surface area contributed by atoms with E-state index in [0.29, 0.717) is 0 Å². The van der Waals surface area contributed by atoms with E-state index in [4.69, 9.17) is 5.73 Å². The number of hydrogen-bond donors (Lipinski definition) is 1. The number of nitrogens with zero attached hydrogens (tertiary/aromatic N) is 2. The molecule has 0 aliphatic carbocycles. The molecule has 0 radical (unpaired) electrons. The fraction of sp³-hybridized carbons (Fsp3) is 0.833. The topological polar surface area (TPSA) is 49.6 Å². The quantitative estimate of drug-likeness (QED) is 0.562. The van der Waals surface area contributed by atoms with Gasteiger partial charge in [0.25, 0.3) is 0 Å². The molecule has 0 bridgehead atoms. The van der Waals surface area contributed by atoms with E-state index in [1.54, 1.807) is 5.01 Å². The Kier molecular flexibility index (Phi) is 2.11. The predicted molar refractivity (Wildman–Crippen MR) is 38.2 cm³/mol. The van der Waals surface area contributed by atoms with Gasteiger partial charge in [0, 0.05) is 19.6 Å². The van der Waals surface area contributed by atoms with Crippen molar-refractivity contribution in [1.82, 2.24) is 10.0 Å². The van der Waals surface area contributed by atoms with Gasteiger partial charge in [-0.15, -0.1) is 0 Å². The third-order valence-corrected chi connectivity index (χ3v) is 1.75. The van der Waals surface area contributed by atoms with Crippen molar-refractivity contribution in [3.63, 3.8) is 0 Å². The van der Waals surface area contributed by atoms with Gasteiger partial charge in [0.05, 0.1) is 0 Å². The zero-order valence-corrected chi connectivity index (χ0v) is 6.21. The summed E-state index contributed by atoms with van der Waals surface area (Å²) in [4.78, 5) is 10.7. The van der Waals surface area contributed by atoms with Crippen LogP contribution in [-0.2, 0) is 0 Å². The Hall–Kier alpha value is -0.770. The number of urea groups is 1. The van der Waals surface area contributed by atoms with Gasteiger partial charge < -0.3 is 5.73 Å². The van der Waals surface area contributed by atoms with Crippen LogP contribution < -0.4 is 5.73 Å². The number of hydrogen-bond acceptors (Lipinski definition) is 2. The molecule has 58 valence electrons. The first-order chi connectivity index (χ1) is 4.75. The van der Waals surface area contributed by atoms with Crippen molar-refractivity contribution in [2.45, 2.75) is 13.3 Å². The van der Waals surface area contributed by atoms with Crippen LogP contribution in [0.1, 0.15) is 13.3 Å². The summed E-state index contributed by atoms with van der Waals surface area (Å²) < 4.78 is 0. The Morgan fingerprint density at radius 2 is 2.30 bits per heavy atom. The lowest BCUT2D eigenvalue weighted by molar-refractivity contribution is 0.0731. The Bertz CT molecular complexity index is 137. The average molecular weight is 143 g/mol. The van der Waals surface area contributed by atoms with Crippen LogP contribution in [0.15, 0.2) is 0 Å². The summed E-state index contributed by atoms with van der Waals surface area (Å²) in [6, 6.07) is -0.334. The lowest BCUT2D eigenvalue weighted by Crippen LogP contribution is -2.43. The highest BCUT2D eigenvalue weighted by molar-refractivity contribution is 5.71. The molecule has 2 N–H and O–H groups in total. The summed E-state index contributed by atoms with van der Waals surface area (Å²) in [5.74, 6) is 0. The van der Waals surface area contributed by atoms with E-state index >= 15 is 0 Å². The van der Waals surface area contributed by atoms with Crippen molar-refractivity contribution in [1.29, 1.82) is 0 Å². The summed E-state index contributed by atoms with van der Waals surface area (Å²) >= 11 is 0. The Labute approximate surface area is 60.5 Å². The minimum atomic E-state index is -0.334. The number of rotatable bonds is 1. The lowest BCUT2D eigenvalue weighted by atomic mass is 10.5. The second-order valence-electron chi connectivity index (χ2n) is 2.36. The van der Waals surface area contributed by atoms with Crippen LogP contribution in [0, 0.1) is 0 Å². The molecule has 2 amide bonds. The average Bonchev–Trinajstić information content (AvgIpc) is 2.33. The maximum atomic E-state index is 10.7. The fourth-order valence-electron chi connectivity index (χ4n) is 1.24. The van der Waals surface area contributed by atoms with E-state index in [1.165, 1.54) is 0 Å². The Morgan fingerprint density at radius 3 is 2.70 bits per heavy atom. The number of nitrogens with two attached hydrogens (primary N) is 1. The molecule has 0 aromatic rings. The highest BCUT2D eigenvalue weighted by atomic mass is 16.2. The summed E-state index contributed by atoms with van der Waals surface area (Å²) in [6.45, 7) is 4.62. The fourth-order valence-corrected chi connectivity index (χ4v) is 1.24. The lowest BCUT2D eigenvalue weighted by Gasteiger charge is -2.24. The Morgan fingerprint density at radius 1 is 1.60 bits per heavy atom. The van der Waals surface area contributed by atoms with Crippen LogP contribution in [0.3, 0.4) is 0 Å². The first kappa shape index (κ1) is 7.34. The van der Waals surface area contributed by atoms with Crippen LogP contribution in [0.25, 0.3) is 0 Å². The van der Waals surface area contributed by atoms with Crippen molar-refractivity contribution in [3.05, 3.63) is 0 Å². The summed E-state index contributed by atoms with van der Waals surface area (Å²) in [5.41, 5.74) is 5.11. The maximum Gasteiger partial charge on any atom is 0.329 e. The largest absolute Gasteiger partial charge is 0.350 e. The molecule has 0 atom stereocenters. The normalized spacial score (nSPS) is 19.9. The predicted octanol–water partition coefficient (Wildman–Crippen LogP) is 0.00770. The molecule has 1 aliphatic heterocycles. The number of primary amides is 1. The third kappa shape index (κ3) is 1.21. The van der Waals surface area contributed by atoms with Crippen molar-refractivity contribution >= 4 is 6.03 Å². The molecule has 0 aromatic carbocycles. The molecule has 4 nitrogen and oxygen atoms in total. The van der Waals surface area contributed by atoms with Crippen LogP contribution >= 0.6 is 0 Å². The van der Waals surface area contributed by atoms with E-state index in [-0.39, 0.29) is 6.03 Å². The molecule has 4 heteroatoms. The van der Waals surface area contributed by atoms with Crippen molar-refractivity contribution in [2.24, 2.45) is 5.73 Å². The van der Waals surface area contributed by atoms with Gasteiger partial charge in [-0.2, -0.15) is 0 Å². The molecular weight excluding hydrogens is 130 g/mol. The van der Waals surface area contributed by atoms with Gasteiger partial charge in [0.2, 0.25) is 0 Å². The highest BCUT2D eigenvalue weighted by Gasteiger charge is 2.22. The first-order valence-corrected chi connectivity index (χ1v) is 3.57. The van der Waals surface area contributed by atoms with E-state index < -0.39 is 0 Å². The SMILES string of the molecule is CCN1CCCN1C(N)=O.